The lowest BCUT2D eigenvalue weighted by molar-refractivity contribution is -0.0288. The van der Waals surface area contributed by atoms with E-state index in [-0.39, 0.29) is 11.9 Å². The molecule has 1 aromatic rings. The maximum Gasteiger partial charge on any atom is 0.114 e. The van der Waals surface area contributed by atoms with Gasteiger partial charge in [-0.15, -0.1) is 0 Å². The Kier molecular flexibility index (Phi) is 4.53. The van der Waals surface area contributed by atoms with Crippen LogP contribution in [0.25, 0.3) is 0 Å². The van der Waals surface area contributed by atoms with E-state index >= 15 is 0 Å². The topological polar surface area (TPSA) is 57.5 Å². The summed E-state index contributed by atoms with van der Waals surface area (Å²) in [6, 6.07) is 7.36. The van der Waals surface area contributed by atoms with Crippen molar-refractivity contribution in [1.82, 2.24) is 0 Å². The highest BCUT2D eigenvalue weighted by atomic mass is 32.2. The molecule has 2 aliphatic rings. The first-order chi connectivity index (χ1) is 10.6. The summed E-state index contributed by atoms with van der Waals surface area (Å²) in [4.78, 5) is 0.693. The fraction of sp³-hybridized carbons (Fsp3) is 0.556. The Hall–Kier alpha value is -0.970. The number of allylic oxidation sites excluding steroid dienone is 2. The van der Waals surface area contributed by atoms with Crippen LogP contribution in [0.5, 0.6) is 0 Å². The lowest BCUT2D eigenvalue weighted by Crippen LogP contribution is -2.32. The molecule has 0 amide bonds. The normalized spacial score (nSPS) is 30.4. The summed E-state index contributed by atoms with van der Waals surface area (Å²) >= 11 is 0. The number of rotatable bonds is 6. The first kappa shape index (κ1) is 15.9. The largest absolute Gasteiger partial charge is 0.393 e. The summed E-state index contributed by atoms with van der Waals surface area (Å²) in [7, 11) is -1.14. The molecule has 1 fully saturated rings. The van der Waals surface area contributed by atoms with Crippen LogP contribution in [0.1, 0.15) is 38.2 Å². The average Bonchev–Trinajstić information content (AvgIpc) is 3.17. The van der Waals surface area contributed by atoms with Crippen molar-refractivity contribution in [3.63, 3.8) is 0 Å². The molecule has 120 valence electrons. The van der Waals surface area contributed by atoms with Crippen LogP contribution in [0.4, 0.5) is 0 Å². The van der Waals surface area contributed by atoms with E-state index in [0.29, 0.717) is 28.7 Å². The van der Waals surface area contributed by atoms with Gasteiger partial charge in [-0.25, -0.2) is 0 Å². The maximum atomic E-state index is 13.1. The van der Waals surface area contributed by atoms with Crippen molar-refractivity contribution in [2.75, 3.05) is 6.61 Å². The van der Waals surface area contributed by atoms with Gasteiger partial charge in [-0.3, -0.25) is 4.21 Å². The molecule has 0 radical (unpaired) electrons. The lowest BCUT2D eigenvalue weighted by Gasteiger charge is -2.29. The Bertz CT molecular complexity index is 598. The Balaban J connectivity index is 1.94. The molecule has 4 heteroatoms. The maximum absolute atomic E-state index is 13.1. The fourth-order valence-corrected chi connectivity index (χ4v) is 5.83. The smallest absolute Gasteiger partial charge is 0.114 e. The van der Waals surface area contributed by atoms with Crippen LogP contribution in [0.2, 0.25) is 0 Å². The van der Waals surface area contributed by atoms with Crippen molar-refractivity contribution >= 4 is 10.8 Å². The van der Waals surface area contributed by atoms with Gasteiger partial charge >= 0.3 is 0 Å². The van der Waals surface area contributed by atoms with Crippen LogP contribution >= 0.6 is 0 Å². The Morgan fingerprint density at radius 3 is 2.64 bits per heavy atom. The molecule has 0 aliphatic heterocycles. The second-order valence-electron chi connectivity index (χ2n) is 6.55. The van der Waals surface area contributed by atoms with Crippen molar-refractivity contribution in [3.05, 3.63) is 42.0 Å². The number of aliphatic hydroxyl groups excluding tert-OH is 1. The quantitative estimate of drug-likeness (QED) is 0.793. The molecule has 1 aromatic carbocycles. The van der Waals surface area contributed by atoms with Crippen LogP contribution in [-0.4, -0.2) is 26.3 Å². The second kappa shape index (κ2) is 6.26. The number of hydrogen-bond donors (Lipinski definition) is 2. The number of hydrogen-bond acceptors (Lipinski definition) is 3. The van der Waals surface area contributed by atoms with Gasteiger partial charge in [-0.1, -0.05) is 43.7 Å². The third kappa shape index (κ3) is 2.68. The van der Waals surface area contributed by atoms with Gasteiger partial charge in [0.2, 0.25) is 0 Å². The zero-order valence-electron chi connectivity index (χ0n) is 12.9. The summed E-state index contributed by atoms with van der Waals surface area (Å²) in [6.45, 7) is 1.63. The standard InChI is InChI=1S/C18H24O3S/c1-2-9-18(20,12-19)15-5-3-4-6-16(15)22(21)17-11-13-7-8-14(17)10-13/h3-8,13-14,17,19-20H,2,9-12H2,1H3/t13-,14+,17-,18?,22?/m1/s1. The van der Waals surface area contributed by atoms with Gasteiger partial charge in [0.25, 0.3) is 0 Å². The molecule has 2 aliphatic carbocycles. The Morgan fingerprint density at radius 2 is 2.05 bits per heavy atom. The Morgan fingerprint density at radius 1 is 1.27 bits per heavy atom. The zero-order valence-corrected chi connectivity index (χ0v) is 13.8. The van der Waals surface area contributed by atoms with Crippen molar-refractivity contribution in [3.8, 4) is 0 Å². The second-order valence-corrected chi connectivity index (χ2v) is 8.19. The molecule has 2 bridgehead atoms. The molecule has 1 saturated carbocycles. The highest BCUT2D eigenvalue weighted by Gasteiger charge is 2.41. The minimum Gasteiger partial charge on any atom is -0.393 e. The lowest BCUT2D eigenvalue weighted by atomic mass is 9.90. The zero-order chi connectivity index (χ0) is 15.7. The summed E-state index contributed by atoms with van der Waals surface area (Å²) in [5, 5.41) is 20.6. The van der Waals surface area contributed by atoms with E-state index in [0.717, 1.165) is 19.3 Å². The number of fused-ring (bicyclic) bond motifs is 2. The fourth-order valence-electron chi connectivity index (χ4n) is 3.88. The van der Waals surface area contributed by atoms with Gasteiger partial charge in [0.05, 0.1) is 17.4 Å². The molecule has 0 heterocycles. The molecule has 3 nitrogen and oxygen atoms in total. The molecule has 0 aromatic heterocycles. The van der Waals surface area contributed by atoms with E-state index in [9.17, 15) is 14.4 Å². The van der Waals surface area contributed by atoms with Gasteiger partial charge < -0.3 is 10.2 Å². The molecule has 0 spiro atoms. The average molecular weight is 320 g/mol. The summed E-state index contributed by atoms with van der Waals surface area (Å²) < 4.78 is 13.1. The monoisotopic (exact) mass is 320 g/mol. The Labute approximate surface area is 134 Å². The van der Waals surface area contributed by atoms with Gasteiger partial charge in [-0.05, 0) is 37.2 Å². The summed E-state index contributed by atoms with van der Waals surface area (Å²) in [5.74, 6) is 0.964. The van der Waals surface area contributed by atoms with Gasteiger partial charge in [0.1, 0.15) is 5.60 Å². The van der Waals surface area contributed by atoms with Crippen LogP contribution < -0.4 is 0 Å². The van der Waals surface area contributed by atoms with Crippen LogP contribution in [0.15, 0.2) is 41.3 Å². The highest BCUT2D eigenvalue weighted by molar-refractivity contribution is 7.85. The first-order valence-corrected chi connectivity index (χ1v) is 9.32. The third-order valence-corrected chi connectivity index (χ3v) is 6.90. The molecular formula is C18H24O3S. The number of benzene rings is 1. The van der Waals surface area contributed by atoms with Gasteiger partial charge in [0, 0.05) is 15.7 Å². The van der Waals surface area contributed by atoms with Gasteiger partial charge in [0.15, 0.2) is 0 Å². The summed E-state index contributed by atoms with van der Waals surface area (Å²) in [5.41, 5.74) is -0.668. The molecule has 3 rings (SSSR count). The predicted octanol–water partition coefficient (Wildman–Crippen LogP) is 2.74. The van der Waals surface area contributed by atoms with E-state index in [2.05, 4.69) is 12.2 Å². The molecule has 0 saturated heterocycles. The van der Waals surface area contributed by atoms with Crippen molar-refractivity contribution in [1.29, 1.82) is 0 Å². The van der Waals surface area contributed by atoms with Crippen molar-refractivity contribution in [2.24, 2.45) is 11.8 Å². The van der Waals surface area contributed by atoms with E-state index in [1.165, 1.54) is 0 Å². The van der Waals surface area contributed by atoms with E-state index in [4.69, 9.17) is 0 Å². The van der Waals surface area contributed by atoms with Crippen LogP contribution in [0, 0.1) is 11.8 Å². The number of aliphatic hydroxyl groups is 2. The first-order valence-electron chi connectivity index (χ1n) is 8.10. The third-order valence-electron chi connectivity index (χ3n) is 5.02. The highest BCUT2D eigenvalue weighted by Crippen LogP contribution is 2.44. The van der Waals surface area contributed by atoms with E-state index in [1.54, 1.807) is 0 Å². The van der Waals surface area contributed by atoms with Crippen LogP contribution in [0.3, 0.4) is 0 Å². The summed E-state index contributed by atoms with van der Waals surface area (Å²) in [6.07, 6.45) is 7.74. The molecule has 2 N–H and O–H groups in total. The van der Waals surface area contributed by atoms with Gasteiger partial charge in [-0.2, -0.15) is 0 Å². The van der Waals surface area contributed by atoms with E-state index < -0.39 is 16.4 Å². The molecule has 22 heavy (non-hydrogen) atoms. The molecule has 5 atom stereocenters. The van der Waals surface area contributed by atoms with Crippen molar-refractivity contribution < 1.29 is 14.4 Å². The van der Waals surface area contributed by atoms with Crippen LogP contribution in [-0.2, 0) is 16.4 Å². The van der Waals surface area contributed by atoms with E-state index in [1.807, 2.05) is 31.2 Å². The molecular weight excluding hydrogens is 296 g/mol. The minimum absolute atomic E-state index is 0.140. The minimum atomic E-state index is -1.30. The van der Waals surface area contributed by atoms with Crippen molar-refractivity contribution in [2.45, 2.75) is 48.4 Å². The molecule has 2 unspecified atom stereocenters. The predicted molar refractivity (Wildman–Crippen MR) is 87.9 cm³/mol. The SMILES string of the molecule is CCCC(O)(CO)c1ccccc1S(=O)[C@@H]1C[C@@H]2C=C[C@H]1C2.